The Labute approximate surface area is 111 Å². The molecule has 1 aromatic carbocycles. The van der Waals surface area contributed by atoms with Crippen LogP contribution in [-0.4, -0.2) is 29.1 Å². The Balaban J connectivity index is 2.60. The van der Waals surface area contributed by atoms with Crippen LogP contribution in [0.25, 0.3) is 0 Å². The van der Waals surface area contributed by atoms with Gasteiger partial charge in [0.1, 0.15) is 6.04 Å². The lowest BCUT2D eigenvalue weighted by molar-refractivity contribution is -0.139. The lowest BCUT2D eigenvalue weighted by Gasteiger charge is -2.15. The van der Waals surface area contributed by atoms with Gasteiger partial charge in [-0.25, -0.2) is 0 Å². The Kier molecular flexibility index (Phi) is 5.80. The van der Waals surface area contributed by atoms with Gasteiger partial charge in [0.2, 0.25) is 0 Å². The Morgan fingerprint density at radius 3 is 2.83 bits per heavy atom. The fourth-order valence-electron chi connectivity index (χ4n) is 1.56. The summed E-state index contributed by atoms with van der Waals surface area (Å²) in [6.45, 7) is 0.405. The molecule has 1 rings (SSSR count). The Morgan fingerprint density at radius 2 is 2.22 bits per heavy atom. The summed E-state index contributed by atoms with van der Waals surface area (Å²) in [6, 6.07) is 4.65. The summed E-state index contributed by atoms with van der Waals surface area (Å²) >= 11 is 1.63. The fourth-order valence-corrected chi connectivity index (χ4v) is 2.03. The van der Waals surface area contributed by atoms with Gasteiger partial charge in [0.05, 0.1) is 0 Å². The van der Waals surface area contributed by atoms with Crippen LogP contribution in [0.1, 0.15) is 12.0 Å². The maximum absolute atomic E-state index is 11.1. The van der Waals surface area contributed by atoms with E-state index in [0.717, 1.165) is 11.3 Å². The van der Waals surface area contributed by atoms with Crippen LogP contribution in [0.3, 0.4) is 0 Å². The smallest absolute Gasteiger partial charge is 0.320 e. The number of carbonyl (C=O) groups is 1. The second kappa shape index (κ2) is 7.13. The lowest BCUT2D eigenvalue weighted by Crippen LogP contribution is -2.36. The van der Waals surface area contributed by atoms with Crippen molar-refractivity contribution in [3.63, 3.8) is 0 Å². The molecule has 1 unspecified atom stereocenters. The van der Waals surface area contributed by atoms with Crippen molar-refractivity contribution >= 4 is 29.1 Å². The monoisotopic (exact) mass is 269 g/mol. The number of carboxylic acids is 1. The van der Waals surface area contributed by atoms with Crippen molar-refractivity contribution in [3.05, 3.63) is 23.8 Å². The largest absolute Gasteiger partial charge is 0.480 e. The first-order chi connectivity index (χ1) is 8.54. The number of thioether (sulfide) groups is 1. The molecule has 6 N–H and O–H groups in total. The second-order valence-corrected chi connectivity index (χ2v) is 5.00. The van der Waals surface area contributed by atoms with Crippen molar-refractivity contribution in [3.8, 4) is 0 Å². The quantitative estimate of drug-likeness (QED) is 0.554. The van der Waals surface area contributed by atoms with E-state index in [9.17, 15) is 4.79 Å². The number of carboxylic acid groups (broad SMARTS) is 1. The molecule has 0 bridgehead atoms. The maximum atomic E-state index is 11.1. The van der Waals surface area contributed by atoms with Crippen molar-refractivity contribution in [2.24, 2.45) is 0 Å². The summed E-state index contributed by atoms with van der Waals surface area (Å²) < 4.78 is 0. The zero-order valence-electron chi connectivity index (χ0n) is 10.3. The third-order valence-electron chi connectivity index (χ3n) is 2.61. The fraction of sp³-hybridized carbons (Fsp3) is 0.417. The van der Waals surface area contributed by atoms with Crippen LogP contribution < -0.4 is 16.8 Å². The van der Waals surface area contributed by atoms with Gasteiger partial charge in [0, 0.05) is 17.9 Å². The van der Waals surface area contributed by atoms with Gasteiger partial charge in [0.15, 0.2) is 0 Å². The highest BCUT2D eigenvalue weighted by molar-refractivity contribution is 7.98. The van der Waals surface area contributed by atoms with Crippen molar-refractivity contribution in [2.45, 2.75) is 19.0 Å². The van der Waals surface area contributed by atoms with Crippen LogP contribution in [0.15, 0.2) is 18.2 Å². The summed E-state index contributed by atoms with van der Waals surface area (Å²) in [6.07, 6.45) is 2.54. The Bertz CT molecular complexity index is 412. The highest BCUT2D eigenvalue weighted by Gasteiger charge is 2.16. The zero-order valence-corrected chi connectivity index (χ0v) is 11.2. The first-order valence-corrected chi connectivity index (χ1v) is 7.03. The minimum Gasteiger partial charge on any atom is -0.480 e. The van der Waals surface area contributed by atoms with E-state index in [1.807, 2.05) is 6.26 Å². The molecule has 0 aliphatic carbocycles. The number of nitrogen functional groups attached to an aromatic ring is 2. The molecule has 18 heavy (non-hydrogen) atoms. The summed E-state index contributed by atoms with van der Waals surface area (Å²) in [4.78, 5) is 11.1. The molecule has 5 nitrogen and oxygen atoms in total. The van der Waals surface area contributed by atoms with Gasteiger partial charge in [-0.1, -0.05) is 0 Å². The molecule has 0 saturated carbocycles. The number of nitrogens with two attached hydrogens (primary N) is 2. The topological polar surface area (TPSA) is 101 Å². The average Bonchev–Trinajstić information content (AvgIpc) is 2.33. The van der Waals surface area contributed by atoms with Crippen LogP contribution in [-0.2, 0) is 11.3 Å². The molecule has 0 saturated heterocycles. The molecule has 1 aromatic rings. The van der Waals surface area contributed by atoms with E-state index in [4.69, 9.17) is 16.6 Å². The standard InChI is InChI=1S/C12H19N3O2S/c1-18-5-4-11(12(16)17)15-7-8-6-9(13)2-3-10(8)14/h2-3,6,11,15H,4-5,7,13-14H2,1H3,(H,16,17). The van der Waals surface area contributed by atoms with Crippen LogP contribution in [0, 0.1) is 0 Å². The molecule has 1 atom stereocenters. The lowest BCUT2D eigenvalue weighted by atomic mass is 10.1. The SMILES string of the molecule is CSCCC(NCc1cc(N)ccc1N)C(=O)O. The van der Waals surface area contributed by atoms with E-state index in [2.05, 4.69) is 5.32 Å². The number of hydrogen-bond donors (Lipinski definition) is 4. The van der Waals surface area contributed by atoms with E-state index in [-0.39, 0.29) is 0 Å². The Hall–Kier alpha value is -1.40. The predicted octanol–water partition coefficient (Wildman–Crippen LogP) is 1.15. The van der Waals surface area contributed by atoms with Gasteiger partial charge >= 0.3 is 5.97 Å². The maximum Gasteiger partial charge on any atom is 0.320 e. The van der Waals surface area contributed by atoms with Crippen molar-refractivity contribution in [1.29, 1.82) is 0 Å². The number of aliphatic carboxylic acids is 1. The molecule has 0 aliphatic heterocycles. The van der Waals surface area contributed by atoms with Gasteiger partial charge in [-0.2, -0.15) is 11.8 Å². The van der Waals surface area contributed by atoms with Gasteiger partial charge in [-0.05, 0) is 42.2 Å². The number of benzene rings is 1. The number of anilines is 2. The van der Waals surface area contributed by atoms with Gasteiger partial charge in [0.25, 0.3) is 0 Å². The summed E-state index contributed by atoms with van der Waals surface area (Å²) in [5, 5.41) is 12.1. The first-order valence-electron chi connectivity index (χ1n) is 5.63. The molecular formula is C12H19N3O2S. The molecule has 0 heterocycles. The minimum absolute atomic E-state index is 0.405. The van der Waals surface area contributed by atoms with Gasteiger partial charge in [-0.3, -0.25) is 4.79 Å². The van der Waals surface area contributed by atoms with Crippen molar-refractivity contribution in [2.75, 3.05) is 23.5 Å². The highest BCUT2D eigenvalue weighted by atomic mass is 32.2. The Morgan fingerprint density at radius 1 is 1.50 bits per heavy atom. The third-order valence-corrected chi connectivity index (χ3v) is 3.26. The van der Waals surface area contributed by atoms with Crippen molar-refractivity contribution in [1.82, 2.24) is 5.32 Å². The third kappa shape index (κ3) is 4.46. The van der Waals surface area contributed by atoms with E-state index in [1.54, 1.807) is 30.0 Å². The van der Waals surface area contributed by atoms with E-state index in [0.29, 0.717) is 24.3 Å². The summed E-state index contributed by atoms with van der Waals surface area (Å²) in [5.74, 6) is -0.0392. The van der Waals surface area contributed by atoms with Crippen LogP contribution in [0.4, 0.5) is 11.4 Å². The molecule has 0 aromatic heterocycles. The predicted molar refractivity (Wildman–Crippen MR) is 76.5 cm³/mol. The number of hydrogen-bond acceptors (Lipinski definition) is 5. The summed E-state index contributed by atoms with van der Waals surface area (Å²) in [5.41, 5.74) is 13.5. The van der Waals surface area contributed by atoms with Crippen LogP contribution in [0.5, 0.6) is 0 Å². The van der Waals surface area contributed by atoms with E-state index >= 15 is 0 Å². The van der Waals surface area contributed by atoms with Gasteiger partial charge < -0.3 is 21.9 Å². The van der Waals surface area contributed by atoms with Crippen LogP contribution in [0.2, 0.25) is 0 Å². The highest BCUT2D eigenvalue weighted by Crippen LogP contribution is 2.15. The molecule has 0 aliphatic rings. The van der Waals surface area contributed by atoms with E-state index in [1.165, 1.54) is 0 Å². The molecular weight excluding hydrogens is 250 g/mol. The second-order valence-electron chi connectivity index (χ2n) is 4.01. The average molecular weight is 269 g/mol. The molecule has 6 heteroatoms. The van der Waals surface area contributed by atoms with Gasteiger partial charge in [-0.15, -0.1) is 0 Å². The van der Waals surface area contributed by atoms with Crippen molar-refractivity contribution < 1.29 is 9.90 Å². The molecule has 0 radical (unpaired) electrons. The molecule has 0 fully saturated rings. The van der Waals surface area contributed by atoms with Crippen LogP contribution >= 0.6 is 11.8 Å². The summed E-state index contributed by atoms with van der Waals surface area (Å²) in [7, 11) is 0. The number of nitrogens with one attached hydrogen (secondary N) is 1. The number of rotatable bonds is 7. The van der Waals surface area contributed by atoms with E-state index < -0.39 is 12.0 Å². The molecule has 0 amide bonds. The molecule has 100 valence electrons. The first kappa shape index (κ1) is 14.7. The normalized spacial score (nSPS) is 12.3. The minimum atomic E-state index is -0.841. The molecule has 0 spiro atoms. The zero-order chi connectivity index (χ0) is 13.5.